The highest BCUT2D eigenvalue weighted by Gasteiger charge is 2.28. The molecule has 0 aliphatic heterocycles. The zero-order chi connectivity index (χ0) is 14.8. The summed E-state index contributed by atoms with van der Waals surface area (Å²) in [4.78, 5) is 0. The number of nitrogens with two attached hydrogens (primary N) is 2. The van der Waals surface area contributed by atoms with Crippen molar-refractivity contribution < 1.29 is 4.74 Å². The molecule has 0 heterocycles. The van der Waals surface area contributed by atoms with Crippen LogP contribution in [0.5, 0.6) is 5.75 Å². The molecule has 1 atom stereocenters. The van der Waals surface area contributed by atoms with Crippen LogP contribution in [0, 0.1) is 12.3 Å². The standard InChI is InChI=1S/C16H28N2O/c1-10(2)12-8-13(11(3)7-14(12)19-6)15(18)16(4,5)9-17/h7-8,10,15H,9,17-18H2,1-6H3. The Balaban J connectivity index is 3.33. The lowest BCUT2D eigenvalue weighted by molar-refractivity contribution is 0.300. The molecule has 0 saturated carbocycles. The molecule has 4 N–H and O–H groups in total. The zero-order valence-electron chi connectivity index (χ0n) is 13.1. The third-order valence-corrected chi connectivity index (χ3v) is 3.94. The average molecular weight is 264 g/mol. The van der Waals surface area contributed by atoms with E-state index in [9.17, 15) is 0 Å². The number of hydrogen-bond acceptors (Lipinski definition) is 3. The second-order valence-electron chi connectivity index (χ2n) is 6.28. The van der Waals surface area contributed by atoms with Gasteiger partial charge in [0.2, 0.25) is 0 Å². The van der Waals surface area contributed by atoms with Crippen LogP contribution in [0.3, 0.4) is 0 Å². The zero-order valence-corrected chi connectivity index (χ0v) is 13.1. The predicted molar refractivity (Wildman–Crippen MR) is 81.6 cm³/mol. The summed E-state index contributed by atoms with van der Waals surface area (Å²) in [6, 6.07) is 4.19. The summed E-state index contributed by atoms with van der Waals surface area (Å²) in [5.74, 6) is 1.34. The fourth-order valence-electron chi connectivity index (χ4n) is 2.23. The van der Waals surface area contributed by atoms with Crippen molar-refractivity contribution in [2.75, 3.05) is 13.7 Å². The Labute approximate surface area is 117 Å². The first-order valence-electron chi connectivity index (χ1n) is 6.88. The number of benzene rings is 1. The van der Waals surface area contributed by atoms with Crippen molar-refractivity contribution >= 4 is 0 Å². The van der Waals surface area contributed by atoms with E-state index < -0.39 is 0 Å². The number of hydrogen-bond donors (Lipinski definition) is 2. The Morgan fingerprint density at radius 1 is 1.21 bits per heavy atom. The molecule has 0 bridgehead atoms. The van der Waals surface area contributed by atoms with Gasteiger partial charge in [-0.15, -0.1) is 0 Å². The van der Waals surface area contributed by atoms with Crippen molar-refractivity contribution in [1.82, 2.24) is 0 Å². The topological polar surface area (TPSA) is 61.3 Å². The van der Waals surface area contributed by atoms with Crippen molar-refractivity contribution in [1.29, 1.82) is 0 Å². The van der Waals surface area contributed by atoms with Gasteiger partial charge < -0.3 is 16.2 Å². The number of ether oxygens (including phenoxy) is 1. The molecule has 0 amide bonds. The number of rotatable bonds is 5. The van der Waals surface area contributed by atoms with Gasteiger partial charge in [-0.25, -0.2) is 0 Å². The van der Waals surface area contributed by atoms with Crippen molar-refractivity contribution in [3.05, 3.63) is 28.8 Å². The Bertz CT molecular complexity index is 439. The second kappa shape index (κ2) is 5.93. The molecule has 19 heavy (non-hydrogen) atoms. The number of methoxy groups -OCH3 is 1. The molecule has 0 saturated heterocycles. The summed E-state index contributed by atoms with van der Waals surface area (Å²) in [7, 11) is 1.71. The molecule has 108 valence electrons. The fraction of sp³-hybridized carbons (Fsp3) is 0.625. The van der Waals surface area contributed by atoms with Crippen molar-refractivity contribution in [3.8, 4) is 5.75 Å². The molecule has 0 aromatic heterocycles. The molecule has 0 spiro atoms. The normalized spacial score (nSPS) is 13.7. The molecular weight excluding hydrogens is 236 g/mol. The van der Waals surface area contributed by atoms with Gasteiger partial charge in [0.25, 0.3) is 0 Å². The van der Waals surface area contributed by atoms with Crippen LogP contribution in [0.2, 0.25) is 0 Å². The SMILES string of the molecule is COc1cc(C)c(C(N)C(C)(C)CN)cc1C(C)C. The van der Waals surface area contributed by atoms with Crippen molar-refractivity contribution in [2.45, 2.75) is 46.6 Å². The minimum absolute atomic E-state index is 0.0686. The van der Waals surface area contributed by atoms with Crippen LogP contribution >= 0.6 is 0 Å². The van der Waals surface area contributed by atoms with Gasteiger partial charge in [-0.3, -0.25) is 0 Å². The molecule has 1 unspecified atom stereocenters. The lowest BCUT2D eigenvalue weighted by Gasteiger charge is -2.32. The molecule has 1 rings (SSSR count). The van der Waals surface area contributed by atoms with Gasteiger partial charge in [0, 0.05) is 6.04 Å². The minimum atomic E-state index is -0.117. The summed E-state index contributed by atoms with van der Waals surface area (Å²) in [6.45, 7) is 11.2. The Kier molecular flexibility index (Phi) is 4.99. The van der Waals surface area contributed by atoms with Gasteiger partial charge in [-0.05, 0) is 47.6 Å². The first-order valence-corrected chi connectivity index (χ1v) is 6.88. The van der Waals surface area contributed by atoms with Crippen molar-refractivity contribution in [2.24, 2.45) is 16.9 Å². The predicted octanol–water partition coefficient (Wildman–Crippen LogP) is 3.11. The van der Waals surface area contributed by atoms with Crippen molar-refractivity contribution in [3.63, 3.8) is 0 Å². The van der Waals surface area contributed by atoms with E-state index in [0.29, 0.717) is 12.5 Å². The van der Waals surface area contributed by atoms with E-state index in [0.717, 1.165) is 11.3 Å². The van der Waals surface area contributed by atoms with Crippen LogP contribution in [-0.4, -0.2) is 13.7 Å². The Hall–Kier alpha value is -1.06. The second-order valence-corrected chi connectivity index (χ2v) is 6.28. The molecule has 0 fully saturated rings. The number of aryl methyl sites for hydroxylation is 1. The maximum absolute atomic E-state index is 6.42. The van der Waals surface area contributed by atoms with E-state index in [1.54, 1.807) is 7.11 Å². The molecule has 0 aliphatic rings. The minimum Gasteiger partial charge on any atom is -0.496 e. The summed E-state index contributed by atoms with van der Waals surface area (Å²) < 4.78 is 5.47. The molecular formula is C16H28N2O. The van der Waals surface area contributed by atoms with Crippen LogP contribution < -0.4 is 16.2 Å². The summed E-state index contributed by atoms with van der Waals surface area (Å²) in [6.07, 6.45) is 0. The van der Waals surface area contributed by atoms with Gasteiger partial charge in [0.1, 0.15) is 5.75 Å². The molecule has 1 aromatic carbocycles. The van der Waals surface area contributed by atoms with Gasteiger partial charge in [0.05, 0.1) is 7.11 Å². The van der Waals surface area contributed by atoms with Gasteiger partial charge in [0.15, 0.2) is 0 Å². The lowest BCUT2D eigenvalue weighted by Crippen LogP contribution is -2.36. The summed E-state index contributed by atoms with van der Waals surface area (Å²) in [5, 5.41) is 0. The van der Waals surface area contributed by atoms with Gasteiger partial charge in [-0.2, -0.15) is 0 Å². The van der Waals surface area contributed by atoms with Crippen LogP contribution in [0.15, 0.2) is 12.1 Å². The van der Waals surface area contributed by atoms with Crippen LogP contribution in [-0.2, 0) is 0 Å². The Morgan fingerprint density at radius 3 is 2.21 bits per heavy atom. The third kappa shape index (κ3) is 3.28. The first-order chi connectivity index (χ1) is 8.74. The van der Waals surface area contributed by atoms with E-state index in [1.807, 2.05) is 0 Å². The quantitative estimate of drug-likeness (QED) is 0.859. The summed E-state index contributed by atoms with van der Waals surface area (Å²) >= 11 is 0. The molecule has 3 nitrogen and oxygen atoms in total. The largest absolute Gasteiger partial charge is 0.496 e. The maximum Gasteiger partial charge on any atom is 0.122 e. The van der Waals surface area contributed by atoms with Gasteiger partial charge >= 0.3 is 0 Å². The highest BCUT2D eigenvalue weighted by molar-refractivity contribution is 5.45. The van der Waals surface area contributed by atoms with E-state index in [2.05, 4.69) is 46.8 Å². The van der Waals surface area contributed by atoms with E-state index in [4.69, 9.17) is 16.2 Å². The lowest BCUT2D eigenvalue weighted by atomic mass is 9.78. The van der Waals surface area contributed by atoms with Crippen LogP contribution in [0.25, 0.3) is 0 Å². The van der Waals surface area contributed by atoms with E-state index in [-0.39, 0.29) is 11.5 Å². The van der Waals surface area contributed by atoms with Gasteiger partial charge in [-0.1, -0.05) is 33.8 Å². The molecule has 0 radical (unpaired) electrons. The summed E-state index contributed by atoms with van der Waals surface area (Å²) in [5.41, 5.74) is 15.7. The highest BCUT2D eigenvalue weighted by atomic mass is 16.5. The van der Waals surface area contributed by atoms with Crippen LogP contribution in [0.1, 0.15) is 56.3 Å². The van der Waals surface area contributed by atoms with Crippen LogP contribution in [0.4, 0.5) is 0 Å². The maximum atomic E-state index is 6.42. The van der Waals surface area contributed by atoms with E-state index in [1.165, 1.54) is 11.1 Å². The Morgan fingerprint density at radius 2 is 1.79 bits per heavy atom. The molecule has 1 aromatic rings. The average Bonchev–Trinajstić information content (AvgIpc) is 2.37. The smallest absolute Gasteiger partial charge is 0.122 e. The van der Waals surface area contributed by atoms with E-state index >= 15 is 0 Å². The fourth-order valence-corrected chi connectivity index (χ4v) is 2.23. The molecule has 0 aliphatic carbocycles. The molecule has 3 heteroatoms. The first kappa shape index (κ1) is 16.0. The third-order valence-electron chi connectivity index (χ3n) is 3.94. The monoisotopic (exact) mass is 264 g/mol. The highest BCUT2D eigenvalue weighted by Crippen LogP contribution is 2.37.